The molecule has 0 unspecified atom stereocenters. The lowest BCUT2D eigenvalue weighted by atomic mass is 9.89. The highest BCUT2D eigenvalue weighted by molar-refractivity contribution is 5.33. The zero-order valence-corrected chi connectivity index (χ0v) is 14.3. The second-order valence-corrected chi connectivity index (χ2v) is 7.12. The third kappa shape index (κ3) is 5.26. The van der Waals surface area contributed by atoms with Crippen molar-refractivity contribution in [2.75, 3.05) is 7.05 Å². The summed E-state index contributed by atoms with van der Waals surface area (Å²) in [6, 6.07) is 8.64. The van der Waals surface area contributed by atoms with E-state index < -0.39 is 0 Å². The maximum atomic E-state index is 4.16. The normalized spacial score (nSPS) is 11.8. The molecule has 0 bridgehead atoms. The third-order valence-electron chi connectivity index (χ3n) is 3.74. The van der Waals surface area contributed by atoms with Crippen LogP contribution in [0.4, 0.5) is 0 Å². The molecule has 1 aromatic carbocycles. The van der Waals surface area contributed by atoms with Gasteiger partial charge in [0.1, 0.15) is 0 Å². The number of aryl methyl sites for hydroxylation is 1. The van der Waals surface area contributed by atoms with Crippen LogP contribution in [-0.2, 0) is 13.0 Å². The lowest BCUT2D eigenvalue weighted by molar-refractivity contribution is 0.360. The van der Waals surface area contributed by atoms with Gasteiger partial charge in [-0.05, 0) is 49.4 Å². The first-order valence-electron chi connectivity index (χ1n) is 8.13. The number of benzene rings is 1. The van der Waals surface area contributed by atoms with Gasteiger partial charge in [-0.3, -0.25) is 0 Å². The van der Waals surface area contributed by atoms with Gasteiger partial charge < -0.3 is 5.32 Å². The quantitative estimate of drug-likeness (QED) is 0.792. The van der Waals surface area contributed by atoms with E-state index in [2.05, 4.69) is 60.7 Å². The highest BCUT2D eigenvalue weighted by atomic mass is 15.4. The minimum atomic E-state index is 0.446. The number of nitrogens with zero attached hydrogens (tertiary/aromatic N) is 3. The van der Waals surface area contributed by atoms with Gasteiger partial charge in [0.05, 0.1) is 17.6 Å². The summed E-state index contributed by atoms with van der Waals surface area (Å²) in [6.45, 7) is 7.67. The van der Waals surface area contributed by atoms with E-state index in [-0.39, 0.29) is 0 Å². The molecule has 1 heterocycles. The van der Waals surface area contributed by atoms with E-state index in [1.165, 1.54) is 24.8 Å². The van der Waals surface area contributed by atoms with E-state index in [1.54, 1.807) is 0 Å². The van der Waals surface area contributed by atoms with Crippen molar-refractivity contribution < 1.29 is 0 Å². The maximum absolute atomic E-state index is 4.16. The zero-order valence-electron chi connectivity index (χ0n) is 14.3. The molecule has 0 amide bonds. The molecule has 4 nitrogen and oxygen atoms in total. The Morgan fingerprint density at radius 3 is 2.45 bits per heavy atom. The Morgan fingerprint density at radius 2 is 1.82 bits per heavy atom. The Hall–Kier alpha value is -1.68. The molecule has 0 saturated heterocycles. The molecule has 0 aliphatic carbocycles. The number of unbranched alkanes of at least 4 members (excludes halogenated alkanes) is 1. The van der Waals surface area contributed by atoms with Gasteiger partial charge in [0.15, 0.2) is 0 Å². The largest absolute Gasteiger partial charge is 0.314 e. The predicted octanol–water partition coefficient (Wildman–Crippen LogP) is 3.75. The summed E-state index contributed by atoms with van der Waals surface area (Å²) in [5, 5.41) is 11.4. The second kappa shape index (κ2) is 7.54. The monoisotopic (exact) mass is 300 g/mol. The van der Waals surface area contributed by atoms with Gasteiger partial charge in [-0.2, -0.15) is 0 Å². The minimum Gasteiger partial charge on any atom is -0.314 e. The van der Waals surface area contributed by atoms with E-state index >= 15 is 0 Å². The molecule has 0 fully saturated rings. The first kappa shape index (κ1) is 16.7. The molecule has 0 atom stereocenters. The zero-order chi connectivity index (χ0) is 16.0. The molecule has 1 N–H and O–H groups in total. The van der Waals surface area contributed by atoms with Crippen molar-refractivity contribution in [3.63, 3.8) is 0 Å². The number of hydrogen-bond acceptors (Lipinski definition) is 3. The fourth-order valence-electron chi connectivity index (χ4n) is 2.49. The summed E-state index contributed by atoms with van der Waals surface area (Å²) in [7, 11) is 1.91. The summed E-state index contributed by atoms with van der Waals surface area (Å²) < 4.78 is 1.83. The van der Waals surface area contributed by atoms with E-state index in [4.69, 9.17) is 0 Å². The van der Waals surface area contributed by atoms with Gasteiger partial charge in [0.25, 0.3) is 0 Å². The average molecular weight is 300 g/mol. The SMILES string of the molecule is CNCc1cn(-c2ccc(CCCCC(C)(C)C)cc2)nn1. The van der Waals surface area contributed by atoms with Crippen LogP contribution < -0.4 is 5.32 Å². The Morgan fingerprint density at radius 1 is 1.09 bits per heavy atom. The van der Waals surface area contributed by atoms with Crippen molar-refractivity contribution in [2.24, 2.45) is 5.41 Å². The molecule has 2 rings (SSSR count). The molecule has 0 aliphatic rings. The first-order valence-corrected chi connectivity index (χ1v) is 8.13. The van der Waals surface area contributed by atoms with Crippen molar-refractivity contribution in [3.05, 3.63) is 41.7 Å². The smallest absolute Gasteiger partial charge is 0.0969 e. The molecular weight excluding hydrogens is 272 g/mol. The van der Waals surface area contributed by atoms with E-state index in [1.807, 2.05) is 17.9 Å². The number of aromatic nitrogens is 3. The van der Waals surface area contributed by atoms with Crippen LogP contribution in [0.1, 0.15) is 51.3 Å². The van der Waals surface area contributed by atoms with Crippen molar-refractivity contribution in [1.29, 1.82) is 0 Å². The van der Waals surface area contributed by atoms with Crippen LogP contribution in [0.2, 0.25) is 0 Å². The van der Waals surface area contributed by atoms with E-state index in [0.29, 0.717) is 5.41 Å². The highest BCUT2D eigenvalue weighted by Crippen LogP contribution is 2.22. The Labute approximate surface area is 133 Å². The molecule has 0 saturated carbocycles. The molecule has 0 aliphatic heterocycles. The second-order valence-electron chi connectivity index (χ2n) is 7.12. The van der Waals surface area contributed by atoms with Crippen LogP contribution in [0.25, 0.3) is 5.69 Å². The number of rotatable bonds is 7. The van der Waals surface area contributed by atoms with Gasteiger partial charge in [-0.1, -0.05) is 44.5 Å². The van der Waals surface area contributed by atoms with Gasteiger partial charge in [-0.25, -0.2) is 4.68 Å². The molecule has 1 aromatic heterocycles. The topological polar surface area (TPSA) is 42.7 Å². The fraction of sp³-hybridized carbons (Fsp3) is 0.556. The summed E-state index contributed by atoms with van der Waals surface area (Å²) in [6.07, 6.45) is 6.96. The van der Waals surface area contributed by atoms with Crippen LogP contribution >= 0.6 is 0 Å². The molecule has 22 heavy (non-hydrogen) atoms. The summed E-state index contributed by atoms with van der Waals surface area (Å²) in [5.74, 6) is 0. The highest BCUT2D eigenvalue weighted by Gasteiger charge is 2.09. The standard InChI is InChI=1S/C18H28N4/c1-18(2,3)12-6-5-7-15-8-10-17(11-9-15)22-14-16(13-19-4)20-21-22/h8-11,14,19H,5-7,12-13H2,1-4H3. The van der Waals surface area contributed by atoms with E-state index in [0.717, 1.165) is 24.3 Å². The molecule has 120 valence electrons. The minimum absolute atomic E-state index is 0.446. The van der Waals surface area contributed by atoms with Gasteiger partial charge in [0.2, 0.25) is 0 Å². The lowest BCUT2D eigenvalue weighted by Gasteiger charge is -2.17. The Bertz CT molecular complexity index is 564. The maximum Gasteiger partial charge on any atom is 0.0969 e. The fourth-order valence-corrected chi connectivity index (χ4v) is 2.49. The summed E-state index contributed by atoms with van der Waals surface area (Å²) in [4.78, 5) is 0. The van der Waals surface area contributed by atoms with Crippen molar-refractivity contribution in [3.8, 4) is 5.69 Å². The Balaban J connectivity index is 1.87. The molecule has 2 aromatic rings. The van der Waals surface area contributed by atoms with Crippen LogP contribution in [0.15, 0.2) is 30.5 Å². The van der Waals surface area contributed by atoms with Crippen molar-refractivity contribution in [1.82, 2.24) is 20.3 Å². The average Bonchev–Trinajstić information content (AvgIpc) is 2.92. The van der Waals surface area contributed by atoms with Gasteiger partial charge in [0, 0.05) is 6.54 Å². The van der Waals surface area contributed by atoms with Crippen LogP contribution in [0, 0.1) is 5.41 Å². The summed E-state index contributed by atoms with van der Waals surface area (Å²) >= 11 is 0. The molecule has 0 radical (unpaired) electrons. The van der Waals surface area contributed by atoms with Crippen LogP contribution in [-0.4, -0.2) is 22.0 Å². The lowest BCUT2D eigenvalue weighted by Crippen LogP contribution is -2.05. The van der Waals surface area contributed by atoms with Gasteiger partial charge >= 0.3 is 0 Å². The summed E-state index contributed by atoms with van der Waals surface area (Å²) in [5.41, 5.74) is 3.86. The molecule has 4 heteroatoms. The van der Waals surface area contributed by atoms with E-state index in [9.17, 15) is 0 Å². The predicted molar refractivity (Wildman–Crippen MR) is 91.1 cm³/mol. The first-order chi connectivity index (χ1) is 10.5. The third-order valence-corrected chi connectivity index (χ3v) is 3.74. The van der Waals surface area contributed by atoms with Crippen molar-refractivity contribution in [2.45, 2.75) is 53.0 Å². The van der Waals surface area contributed by atoms with Crippen molar-refractivity contribution >= 4 is 0 Å². The Kier molecular flexibility index (Phi) is 5.72. The van der Waals surface area contributed by atoms with Gasteiger partial charge in [-0.15, -0.1) is 5.10 Å². The molecule has 0 spiro atoms. The van der Waals surface area contributed by atoms with Crippen LogP contribution in [0.3, 0.4) is 0 Å². The van der Waals surface area contributed by atoms with Crippen LogP contribution in [0.5, 0.6) is 0 Å². The number of hydrogen-bond donors (Lipinski definition) is 1. The number of nitrogens with one attached hydrogen (secondary N) is 1. The molecular formula is C18H28N4.